The smallest absolute Gasteiger partial charge is 0.243 e. The van der Waals surface area contributed by atoms with E-state index in [0.717, 1.165) is 38.8 Å². The Balaban J connectivity index is 1.33. The van der Waals surface area contributed by atoms with Crippen LogP contribution in [-0.4, -0.2) is 59.9 Å². The summed E-state index contributed by atoms with van der Waals surface area (Å²) in [6.07, 6.45) is 3.32. The van der Waals surface area contributed by atoms with Crippen molar-refractivity contribution in [2.45, 2.75) is 31.3 Å². The summed E-state index contributed by atoms with van der Waals surface area (Å²) in [4.78, 5) is 40.2. The van der Waals surface area contributed by atoms with E-state index in [1.807, 2.05) is 17.0 Å². The molecule has 152 valence electrons. The lowest BCUT2D eigenvalue weighted by atomic mass is 9.89. The number of nitrogens with one attached hydrogen (secondary N) is 1. The number of nitrogens with zero attached hydrogens (tertiary/aromatic N) is 1. The fourth-order valence-corrected chi connectivity index (χ4v) is 5.98. The monoisotopic (exact) mass is 412 g/mol. The van der Waals surface area contributed by atoms with E-state index in [9.17, 15) is 14.4 Å². The number of carbonyl (C=O) groups is 3. The van der Waals surface area contributed by atoms with E-state index in [1.165, 1.54) is 11.8 Å². The first-order chi connectivity index (χ1) is 14.1. The van der Waals surface area contributed by atoms with Gasteiger partial charge >= 0.3 is 0 Å². The molecular formula is C22H24N2O4S. The van der Waals surface area contributed by atoms with Crippen LogP contribution in [0.4, 0.5) is 0 Å². The number of rotatable bonds is 1. The van der Waals surface area contributed by atoms with Crippen molar-refractivity contribution < 1.29 is 19.1 Å². The Bertz CT molecular complexity index is 911. The van der Waals surface area contributed by atoms with Crippen LogP contribution < -0.4 is 5.32 Å². The standard InChI is InChI=1S/C22H24N2O4S/c25-17-15-3-1-2-4-16(15)19-20(18(17)26)29-13-22(28-19)7-11-24(12-8-22)21(27)14-5-9-23-10-6-14/h1-4,14,23H,5-13H2. The minimum absolute atomic E-state index is 0.134. The predicted octanol–water partition coefficient (Wildman–Crippen LogP) is 2.24. The number of ketones is 2. The second-order valence-corrected chi connectivity index (χ2v) is 9.27. The molecule has 4 aliphatic rings. The number of hydrogen-bond donors (Lipinski definition) is 1. The van der Waals surface area contributed by atoms with Gasteiger partial charge in [0.05, 0.1) is 0 Å². The van der Waals surface area contributed by atoms with Crippen LogP contribution in [-0.2, 0) is 14.3 Å². The van der Waals surface area contributed by atoms with Crippen molar-refractivity contribution in [2.75, 3.05) is 31.9 Å². The van der Waals surface area contributed by atoms with Crippen molar-refractivity contribution in [1.29, 1.82) is 0 Å². The van der Waals surface area contributed by atoms with E-state index in [1.54, 1.807) is 12.1 Å². The molecule has 1 aromatic rings. The van der Waals surface area contributed by atoms with Gasteiger partial charge in [-0.25, -0.2) is 0 Å². The summed E-state index contributed by atoms with van der Waals surface area (Å²) >= 11 is 1.44. The van der Waals surface area contributed by atoms with Crippen molar-refractivity contribution in [2.24, 2.45) is 5.92 Å². The van der Waals surface area contributed by atoms with Crippen LogP contribution >= 0.6 is 11.8 Å². The van der Waals surface area contributed by atoms with Gasteiger partial charge in [-0.3, -0.25) is 14.4 Å². The van der Waals surface area contributed by atoms with Crippen molar-refractivity contribution in [3.8, 4) is 0 Å². The number of thioether (sulfide) groups is 1. The predicted molar refractivity (Wildman–Crippen MR) is 110 cm³/mol. The van der Waals surface area contributed by atoms with Gasteiger partial charge in [0.2, 0.25) is 17.5 Å². The molecule has 6 nitrogen and oxygen atoms in total. The molecule has 0 atom stereocenters. The number of amides is 1. The van der Waals surface area contributed by atoms with E-state index in [2.05, 4.69) is 5.32 Å². The van der Waals surface area contributed by atoms with Crippen LogP contribution in [0.3, 0.4) is 0 Å². The van der Waals surface area contributed by atoms with Gasteiger partial charge < -0.3 is 15.0 Å². The summed E-state index contributed by atoms with van der Waals surface area (Å²) in [6.45, 7) is 3.19. The summed E-state index contributed by atoms with van der Waals surface area (Å²) in [5.41, 5.74) is 0.752. The number of ether oxygens (including phenoxy) is 1. The summed E-state index contributed by atoms with van der Waals surface area (Å²) in [6, 6.07) is 7.17. The molecule has 29 heavy (non-hydrogen) atoms. The normalized spacial score (nSPS) is 24.2. The van der Waals surface area contributed by atoms with Crippen LogP contribution in [0.25, 0.3) is 5.76 Å². The number of carbonyl (C=O) groups excluding carboxylic acids is 3. The number of benzene rings is 1. The third kappa shape index (κ3) is 3.20. The van der Waals surface area contributed by atoms with E-state index in [-0.39, 0.29) is 17.4 Å². The molecule has 0 saturated carbocycles. The van der Waals surface area contributed by atoms with Gasteiger partial charge in [-0.1, -0.05) is 24.3 Å². The molecule has 3 heterocycles. The third-order valence-corrected chi connectivity index (χ3v) is 7.84. The Hall–Kier alpha value is -2.12. The van der Waals surface area contributed by atoms with Crippen molar-refractivity contribution in [1.82, 2.24) is 10.2 Å². The molecule has 7 heteroatoms. The molecule has 1 spiro atoms. The van der Waals surface area contributed by atoms with Gasteiger partial charge in [-0.2, -0.15) is 0 Å². The summed E-state index contributed by atoms with van der Waals surface area (Å²) in [5, 5.41) is 3.31. The lowest BCUT2D eigenvalue weighted by Gasteiger charge is -2.46. The number of hydrogen-bond acceptors (Lipinski definition) is 6. The van der Waals surface area contributed by atoms with Gasteiger partial charge in [0.1, 0.15) is 16.3 Å². The largest absolute Gasteiger partial charge is 0.484 e. The number of piperidine rings is 2. The average Bonchev–Trinajstić information content (AvgIpc) is 2.78. The number of allylic oxidation sites excluding steroid dienone is 1. The Labute approximate surface area is 174 Å². The maximum absolute atomic E-state index is 12.9. The maximum Gasteiger partial charge on any atom is 0.243 e. The molecule has 1 aliphatic carbocycles. The lowest BCUT2D eigenvalue weighted by Crippen LogP contribution is -2.52. The van der Waals surface area contributed by atoms with Gasteiger partial charge in [0.15, 0.2) is 0 Å². The lowest BCUT2D eigenvalue weighted by molar-refractivity contribution is -0.140. The fourth-order valence-electron chi connectivity index (χ4n) is 4.72. The SMILES string of the molecule is O=C1C(=O)c2ccccc2C2=C1SCC1(CCN(C(=O)C3CCNCC3)CC1)O2. The van der Waals surface area contributed by atoms with Gasteiger partial charge in [0, 0.05) is 48.7 Å². The van der Waals surface area contributed by atoms with E-state index >= 15 is 0 Å². The second kappa shape index (κ2) is 7.29. The first-order valence-electron chi connectivity index (χ1n) is 10.3. The molecule has 0 unspecified atom stereocenters. The molecule has 2 fully saturated rings. The minimum Gasteiger partial charge on any atom is -0.484 e. The first kappa shape index (κ1) is 18.9. The summed E-state index contributed by atoms with van der Waals surface area (Å²) in [7, 11) is 0. The highest BCUT2D eigenvalue weighted by Gasteiger charge is 2.46. The second-order valence-electron chi connectivity index (χ2n) is 8.29. The topological polar surface area (TPSA) is 75.7 Å². The van der Waals surface area contributed by atoms with Crippen LogP contribution in [0.1, 0.15) is 41.6 Å². The summed E-state index contributed by atoms with van der Waals surface area (Å²) in [5.74, 6) is 0.691. The number of Topliss-reactive ketones (excluding diaryl/α,β-unsaturated/α-hetero) is 2. The molecule has 1 N–H and O–H groups in total. The highest BCUT2D eigenvalue weighted by Crippen LogP contribution is 2.47. The third-order valence-electron chi connectivity index (χ3n) is 6.51. The molecular weight excluding hydrogens is 388 g/mol. The van der Waals surface area contributed by atoms with Crippen molar-refractivity contribution in [3.63, 3.8) is 0 Å². The summed E-state index contributed by atoms with van der Waals surface area (Å²) < 4.78 is 6.48. The van der Waals surface area contributed by atoms with Crippen molar-refractivity contribution in [3.05, 3.63) is 40.3 Å². The number of fused-ring (bicyclic) bond motifs is 2. The van der Waals surface area contributed by atoms with E-state index in [4.69, 9.17) is 4.74 Å². The van der Waals surface area contributed by atoms with Crippen LogP contribution in [0.15, 0.2) is 29.2 Å². The molecule has 0 aromatic heterocycles. The fraction of sp³-hybridized carbons (Fsp3) is 0.500. The Kier molecular flexibility index (Phi) is 4.75. The molecule has 3 aliphatic heterocycles. The van der Waals surface area contributed by atoms with Gasteiger partial charge in [-0.05, 0) is 25.9 Å². The van der Waals surface area contributed by atoms with E-state index in [0.29, 0.717) is 40.6 Å². The molecule has 0 bridgehead atoms. The van der Waals surface area contributed by atoms with Crippen LogP contribution in [0.5, 0.6) is 0 Å². The molecule has 1 amide bonds. The Morgan fingerprint density at radius 1 is 1.07 bits per heavy atom. The maximum atomic E-state index is 12.9. The van der Waals surface area contributed by atoms with Gasteiger partial charge in [0.25, 0.3) is 0 Å². The molecule has 2 saturated heterocycles. The van der Waals surface area contributed by atoms with Crippen molar-refractivity contribution >= 4 is 35.0 Å². The molecule has 0 radical (unpaired) electrons. The van der Waals surface area contributed by atoms with Crippen LogP contribution in [0.2, 0.25) is 0 Å². The van der Waals surface area contributed by atoms with E-state index < -0.39 is 11.6 Å². The highest BCUT2D eigenvalue weighted by molar-refractivity contribution is 8.04. The number of likely N-dealkylation sites (tertiary alicyclic amines) is 1. The highest BCUT2D eigenvalue weighted by atomic mass is 32.2. The zero-order valence-electron chi connectivity index (χ0n) is 16.2. The first-order valence-corrected chi connectivity index (χ1v) is 11.3. The van der Waals surface area contributed by atoms with Gasteiger partial charge in [-0.15, -0.1) is 11.8 Å². The molecule has 1 aromatic carbocycles. The molecule has 5 rings (SSSR count). The van der Waals surface area contributed by atoms with Crippen LogP contribution in [0, 0.1) is 5.92 Å². The Morgan fingerprint density at radius 2 is 1.76 bits per heavy atom. The minimum atomic E-state index is -0.461. The quantitative estimate of drug-likeness (QED) is 0.713. The zero-order chi connectivity index (χ0) is 20.0. The Morgan fingerprint density at radius 3 is 2.48 bits per heavy atom. The average molecular weight is 413 g/mol. The zero-order valence-corrected chi connectivity index (χ0v) is 17.1.